The summed E-state index contributed by atoms with van der Waals surface area (Å²) < 4.78 is 51.7. The molecule has 0 aliphatic carbocycles. The Morgan fingerprint density at radius 1 is 1.12 bits per heavy atom. The van der Waals surface area contributed by atoms with E-state index in [0.29, 0.717) is 12.0 Å². The van der Waals surface area contributed by atoms with Gasteiger partial charge in [-0.25, -0.2) is 4.39 Å². The predicted molar refractivity (Wildman–Crippen MR) is 54.9 cm³/mol. The molecule has 0 radical (unpaired) electrons. The van der Waals surface area contributed by atoms with E-state index in [-0.39, 0.29) is 5.56 Å². The second-order valence-corrected chi connectivity index (χ2v) is 4.29. The van der Waals surface area contributed by atoms with E-state index in [9.17, 15) is 17.6 Å². The van der Waals surface area contributed by atoms with Crippen LogP contribution in [0, 0.1) is 5.82 Å². The van der Waals surface area contributed by atoms with Crippen molar-refractivity contribution in [3.05, 3.63) is 35.1 Å². The number of hydrogen-bond donors (Lipinski definition) is 0. The summed E-state index contributed by atoms with van der Waals surface area (Å²) in [4.78, 5) is 0. The van der Waals surface area contributed by atoms with Crippen LogP contribution < -0.4 is 0 Å². The summed E-state index contributed by atoms with van der Waals surface area (Å²) in [5.41, 5.74) is -1.75. The molecule has 0 aromatic heterocycles. The quantitative estimate of drug-likeness (QED) is 0.672. The summed E-state index contributed by atoms with van der Waals surface area (Å²) in [6.45, 7) is 3.80. The standard InChI is InChI=1S/C12H14F4/c1-4-8-5-6-10(13)9(7-8)11(2,3)12(14,15)16/h5-7H,4H2,1-3H3. The van der Waals surface area contributed by atoms with Crippen LogP contribution in [-0.4, -0.2) is 6.18 Å². The molecule has 0 saturated heterocycles. The summed E-state index contributed by atoms with van der Waals surface area (Å²) in [6, 6.07) is 3.90. The Balaban J connectivity index is 3.31. The summed E-state index contributed by atoms with van der Waals surface area (Å²) in [5.74, 6) is -0.806. The van der Waals surface area contributed by atoms with Crippen LogP contribution in [0.2, 0.25) is 0 Å². The lowest BCUT2D eigenvalue weighted by Crippen LogP contribution is -2.37. The first-order chi connectivity index (χ1) is 7.20. The highest BCUT2D eigenvalue weighted by atomic mass is 19.4. The zero-order valence-corrected chi connectivity index (χ0v) is 9.45. The fraction of sp³-hybridized carbons (Fsp3) is 0.500. The third kappa shape index (κ3) is 2.20. The van der Waals surface area contributed by atoms with Gasteiger partial charge in [0.15, 0.2) is 0 Å². The fourth-order valence-corrected chi connectivity index (χ4v) is 1.42. The van der Waals surface area contributed by atoms with Gasteiger partial charge in [-0.05, 0) is 31.9 Å². The maximum atomic E-state index is 13.4. The van der Waals surface area contributed by atoms with E-state index in [0.717, 1.165) is 19.9 Å². The van der Waals surface area contributed by atoms with Crippen molar-refractivity contribution < 1.29 is 17.6 Å². The van der Waals surface area contributed by atoms with Gasteiger partial charge in [-0.1, -0.05) is 19.1 Å². The molecule has 1 aromatic carbocycles. The molecule has 0 unspecified atom stereocenters. The van der Waals surface area contributed by atoms with Gasteiger partial charge in [0, 0.05) is 5.56 Å². The lowest BCUT2D eigenvalue weighted by Gasteiger charge is -2.29. The van der Waals surface area contributed by atoms with E-state index in [1.165, 1.54) is 12.1 Å². The summed E-state index contributed by atoms with van der Waals surface area (Å²) in [7, 11) is 0. The van der Waals surface area contributed by atoms with Crippen LogP contribution in [0.15, 0.2) is 18.2 Å². The first-order valence-corrected chi connectivity index (χ1v) is 5.05. The zero-order chi connectivity index (χ0) is 12.6. The van der Waals surface area contributed by atoms with Gasteiger partial charge in [-0.3, -0.25) is 0 Å². The van der Waals surface area contributed by atoms with Crippen LogP contribution in [0.5, 0.6) is 0 Å². The van der Waals surface area contributed by atoms with E-state index >= 15 is 0 Å². The lowest BCUT2D eigenvalue weighted by molar-refractivity contribution is -0.180. The topological polar surface area (TPSA) is 0 Å². The monoisotopic (exact) mass is 234 g/mol. The number of aryl methyl sites for hydroxylation is 1. The minimum atomic E-state index is -4.46. The second kappa shape index (κ2) is 4.07. The molecule has 4 heteroatoms. The molecule has 0 saturated carbocycles. The van der Waals surface area contributed by atoms with E-state index in [1.54, 1.807) is 0 Å². The van der Waals surface area contributed by atoms with Gasteiger partial charge in [0.1, 0.15) is 5.82 Å². The molecule has 0 N–H and O–H groups in total. The van der Waals surface area contributed by atoms with E-state index < -0.39 is 17.4 Å². The maximum absolute atomic E-state index is 13.4. The molecule has 0 bridgehead atoms. The number of benzene rings is 1. The van der Waals surface area contributed by atoms with Gasteiger partial charge in [-0.15, -0.1) is 0 Å². The number of alkyl halides is 3. The molecular formula is C12H14F4. The van der Waals surface area contributed by atoms with Gasteiger partial charge in [0.25, 0.3) is 0 Å². The Hall–Kier alpha value is -1.06. The first-order valence-electron chi connectivity index (χ1n) is 5.05. The van der Waals surface area contributed by atoms with Crippen LogP contribution in [0.1, 0.15) is 31.9 Å². The highest BCUT2D eigenvalue weighted by Gasteiger charge is 2.49. The molecule has 0 fully saturated rings. The Morgan fingerprint density at radius 2 is 1.69 bits per heavy atom. The molecule has 1 aromatic rings. The average molecular weight is 234 g/mol. The highest BCUT2D eigenvalue weighted by Crippen LogP contribution is 2.41. The Kier molecular flexibility index (Phi) is 3.31. The maximum Gasteiger partial charge on any atom is 0.398 e. The van der Waals surface area contributed by atoms with Gasteiger partial charge in [0.05, 0.1) is 5.41 Å². The number of hydrogen-bond acceptors (Lipinski definition) is 0. The molecular weight excluding hydrogens is 220 g/mol. The number of rotatable bonds is 2. The molecule has 0 nitrogen and oxygen atoms in total. The molecule has 1 rings (SSSR count). The van der Waals surface area contributed by atoms with E-state index in [4.69, 9.17) is 0 Å². The third-order valence-corrected chi connectivity index (χ3v) is 2.82. The van der Waals surface area contributed by atoms with Gasteiger partial charge >= 0.3 is 6.18 Å². The van der Waals surface area contributed by atoms with Crippen LogP contribution in [-0.2, 0) is 11.8 Å². The number of halogens is 4. The second-order valence-electron chi connectivity index (χ2n) is 4.29. The van der Waals surface area contributed by atoms with Crippen molar-refractivity contribution >= 4 is 0 Å². The molecule has 0 heterocycles. The van der Waals surface area contributed by atoms with Gasteiger partial charge in [0.2, 0.25) is 0 Å². The summed E-state index contributed by atoms with van der Waals surface area (Å²) in [6.07, 6.45) is -3.87. The molecule has 0 atom stereocenters. The van der Waals surface area contributed by atoms with Crippen LogP contribution in [0.3, 0.4) is 0 Å². The smallest absolute Gasteiger partial charge is 0.207 e. The Labute approximate surface area is 92.3 Å². The molecule has 0 aliphatic rings. The average Bonchev–Trinajstić information content (AvgIpc) is 2.16. The summed E-state index contributed by atoms with van der Waals surface area (Å²) >= 11 is 0. The predicted octanol–water partition coefficient (Wildman–Crippen LogP) is 4.23. The van der Waals surface area contributed by atoms with E-state index in [1.807, 2.05) is 6.92 Å². The van der Waals surface area contributed by atoms with Crippen LogP contribution in [0.25, 0.3) is 0 Å². The van der Waals surface area contributed by atoms with Crippen molar-refractivity contribution in [2.45, 2.75) is 38.8 Å². The van der Waals surface area contributed by atoms with Crippen molar-refractivity contribution in [2.75, 3.05) is 0 Å². The van der Waals surface area contributed by atoms with Crippen molar-refractivity contribution in [1.82, 2.24) is 0 Å². The van der Waals surface area contributed by atoms with Crippen LogP contribution in [0.4, 0.5) is 17.6 Å². The van der Waals surface area contributed by atoms with Crippen molar-refractivity contribution in [1.29, 1.82) is 0 Å². The largest absolute Gasteiger partial charge is 0.398 e. The minimum absolute atomic E-state index is 0.292. The van der Waals surface area contributed by atoms with Crippen molar-refractivity contribution in [2.24, 2.45) is 0 Å². The first kappa shape index (κ1) is 13.0. The van der Waals surface area contributed by atoms with Crippen molar-refractivity contribution in [3.63, 3.8) is 0 Å². The lowest BCUT2D eigenvalue weighted by atomic mass is 9.82. The summed E-state index contributed by atoms with van der Waals surface area (Å²) in [5, 5.41) is 0. The minimum Gasteiger partial charge on any atom is -0.207 e. The van der Waals surface area contributed by atoms with E-state index in [2.05, 4.69) is 0 Å². The third-order valence-electron chi connectivity index (χ3n) is 2.82. The Bertz CT molecular complexity index is 377. The van der Waals surface area contributed by atoms with Crippen molar-refractivity contribution in [3.8, 4) is 0 Å². The zero-order valence-electron chi connectivity index (χ0n) is 9.45. The van der Waals surface area contributed by atoms with Gasteiger partial charge < -0.3 is 0 Å². The SMILES string of the molecule is CCc1ccc(F)c(C(C)(C)C(F)(F)F)c1. The molecule has 16 heavy (non-hydrogen) atoms. The normalized spacial score (nSPS) is 12.9. The van der Waals surface area contributed by atoms with Crippen LogP contribution >= 0.6 is 0 Å². The molecule has 0 aliphatic heterocycles. The highest BCUT2D eigenvalue weighted by molar-refractivity contribution is 5.32. The fourth-order valence-electron chi connectivity index (χ4n) is 1.42. The molecule has 0 spiro atoms. The Morgan fingerprint density at radius 3 is 2.12 bits per heavy atom. The molecule has 90 valence electrons. The molecule has 0 amide bonds. The van der Waals surface area contributed by atoms with Gasteiger partial charge in [-0.2, -0.15) is 13.2 Å².